The second-order valence-corrected chi connectivity index (χ2v) is 10.1. The van der Waals surface area contributed by atoms with Crippen LogP contribution in [0.2, 0.25) is 0 Å². The predicted molar refractivity (Wildman–Crippen MR) is 149 cm³/mol. The fourth-order valence-electron chi connectivity index (χ4n) is 5.24. The molecule has 2 aromatic carbocycles. The van der Waals surface area contributed by atoms with Gasteiger partial charge in [-0.05, 0) is 60.7 Å². The molecule has 7 rings (SSSR count). The Hall–Kier alpha value is -5.66. The third-order valence-electron chi connectivity index (χ3n) is 7.31. The number of nitrogens with one attached hydrogen (secondary N) is 2. The Kier molecular flexibility index (Phi) is 6.61. The minimum Gasteiger partial charge on any atom is -0.355 e. The zero-order valence-electron chi connectivity index (χ0n) is 22.4. The van der Waals surface area contributed by atoms with Crippen molar-refractivity contribution in [3.05, 3.63) is 117 Å². The highest BCUT2D eigenvalue weighted by molar-refractivity contribution is 5.94. The van der Waals surface area contributed by atoms with Crippen LogP contribution in [0.5, 0.6) is 0 Å². The number of nitrogens with zero attached hydrogens (tertiary/aromatic N) is 2. The van der Waals surface area contributed by atoms with E-state index in [-0.39, 0.29) is 16.9 Å². The summed E-state index contributed by atoms with van der Waals surface area (Å²) >= 11 is 0. The van der Waals surface area contributed by atoms with Crippen LogP contribution < -0.4 is 0 Å². The van der Waals surface area contributed by atoms with E-state index in [1.807, 2.05) is 0 Å². The summed E-state index contributed by atoms with van der Waals surface area (Å²) in [7, 11) is 0. The van der Waals surface area contributed by atoms with Crippen molar-refractivity contribution in [1.82, 2.24) is 19.9 Å². The molecule has 0 radical (unpaired) electrons. The van der Waals surface area contributed by atoms with E-state index in [9.17, 15) is 26.3 Å². The summed E-state index contributed by atoms with van der Waals surface area (Å²) in [4.78, 5) is 14.3. The minimum absolute atomic E-state index is 0.194. The lowest BCUT2D eigenvalue weighted by Gasteiger charge is -2.11. The third kappa shape index (κ3) is 4.39. The van der Waals surface area contributed by atoms with E-state index in [0.29, 0.717) is 16.6 Å². The van der Waals surface area contributed by atoms with Gasteiger partial charge in [-0.2, -0.15) is 0 Å². The summed E-state index contributed by atoms with van der Waals surface area (Å²) in [5, 5.41) is 0. The molecular weight excluding hydrogens is 630 g/mol. The van der Waals surface area contributed by atoms with E-state index in [1.54, 1.807) is 18.2 Å². The summed E-state index contributed by atoms with van der Waals surface area (Å²) in [6.45, 7) is 0. The molecule has 0 fully saturated rings. The van der Waals surface area contributed by atoms with Gasteiger partial charge in [-0.1, -0.05) is 0 Å². The molecule has 2 N–H and O–H groups in total. The van der Waals surface area contributed by atoms with Crippen LogP contribution in [0.4, 0.5) is 43.9 Å². The largest absolute Gasteiger partial charge is 0.355 e. The van der Waals surface area contributed by atoms with E-state index in [4.69, 9.17) is 0 Å². The third-order valence-corrected chi connectivity index (χ3v) is 7.31. The Bertz CT molecular complexity index is 2330. The van der Waals surface area contributed by atoms with Gasteiger partial charge in [0, 0.05) is 33.2 Å². The van der Waals surface area contributed by atoms with Gasteiger partial charge in [0.25, 0.3) is 0 Å². The lowest BCUT2D eigenvalue weighted by atomic mass is 10.00. The number of halogens is 10. The second-order valence-electron chi connectivity index (χ2n) is 10.1. The van der Waals surface area contributed by atoms with Crippen LogP contribution in [-0.2, 0) is 0 Å². The smallest absolute Gasteiger partial charge is 0.200 e. The number of hydrogen-bond donors (Lipinski definition) is 2. The van der Waals surface area contributed by atoms with Crippen molar-refractivity contribution < 1.29 is 43.9 Å². The van der Waals surface area contributed by atoms with Gasteiger partial charge in [-0.25, -0.2) is 53.9 Å². The van der Waals surface area contributed by atoms with Crippen molar-refractivity contribution in [2.45, 2.75) is 0 Å². The first-order chi connectivity index (χ1) is 21.9. The Morgan fingerprint density at radius 1 is 0.370 bits per heavy atom. The van der Waals surface area contributed by atoms with Gasteiger partial charge in [0.05, 0.1) is 33.9 Å². The summed E-state index contributed by atoms with van der Waals surface area (Å²) in [6, 6.07) is 9.08. The molecule has 0 aliphatic carbocycles. The second kappa shape index (κ2) is 10.5. The van der Waals surface area contributed by atoms with Crippen molar-refractivity contribution in [2.24, 2.45) is 0 Å². The number of rotatable bonds is 2. The maximum Gasteiger partial charge on any atom is 0.200 e. The Labute approximate surface area is 250 Å². The highest BCUT2D eigenvalue weighted by Gasteiger charge is 2.32. The monoisotopic (exact) mass is 642 g/mol. The fourth-order valence-corrected chi connectivity index (χ4v) is 5.24. The molecule has 3 aromatic heterocycles. The van der Waals surface area contributed by atoms with E-state index < -0.39 is 91.8 Å². The van der Waals surface area contributed by atoms with Crippen molar-refractivity contribution in [3.63, 3.8) is 0 Å². The number of aromatic amines is 2. The molecular formula is C32H12F10N4. The molecule has 14 heteroatoms. The van der Waals surface area contributed by atoms with Crippen LogP contribution >= 0.6 is 0 Å². The first-order valence-corrected chi connectivity index (χ1v) is 13.1. The molecule has 46 heavy (non-hydrogen) atoms. The average Bonchev–Trinajstić information content (AvgIpc) is 3.87. The average molecular weight is 642 g/mol. The zero-order valence-corrected chi connectivity index (χ0v) is 22.4. The number of hydrogen-bond acceptors (Lipinski definition) is 2. The van der Waals surface area contributed by atoms with Crippen LogP contribution in [0.1, 0.15) is 22.8 Å². The minimum atomic E-state index is -2.42. The molecule has 0 amide bonds. The highest BCUT2D eigenvalue weighted by atomic mass is 19.2. The molecule has 5 heterocycles. The Balaban J connectivity index is 1.71. The Morgan fingerprint density at radius 3 is 1.37 bits per heavy atom. The zero-order chi connectivity index (χ0) is 32.6. The molecule has 0 saturated carbocycles. The van der Waals surface area contributed by atoms with Crippen molar-refractivity contribution in [2.75, 3.05) is 0 Å². The van der Waals surface area contributed by atoms with Gasteiger partial charge in [0.1, 0.15) is 0 Å². The molecule has 0 unspecified atom stereocenters. The lowest BCUT2D eigenvalue weighted by molar-refractivity contribution is 0.381. The molecule has 2 aliphatic rings. The Morgan fingerprint density at radius 2 is 0.783 bits per heavy atom. The molecule has 8 bridgehead atoms. The number of aromatic nitrogens is 4. The van der Waals surface area contributed by atoms with Crippen LogP contribution in [-0.4, -0.2) is 19.9 Å². The molecule has 230 valence electrons. The standard InChI is InChI=1S/C32H12F10N4/c33-23-21(24(34)28(38)31(41)27(23)37)19-15-5-3-13(44-15)9-11-1-2-12(43-11)10-14-4-6-16(45-14)20(18-8-7-17(19)46-18)22-25(35)29(39)32(42)30(40)26(22)36/h1-10,43-44H. The van der Waals surface area contributed by atoms with E-state index in [1.165, 1.54) is 30.4 Å². The maximum atomic E-state index is 15.2. The first-order valence-electron chi connectivity index (χ1n) is 13.1. The van der Waals surface area contributed by atoms with Gasteiger partial charge in [0.15, 0.2) is 46.5 Å². The molecule has 0 atom stereocenters. The number of fused-ring (bicyclic) bond motifs is 8. The van der Waals surface area contributed by atoms with Crippen molar-refractivity contribution in [1.29, 1.82) is 0 Å². The molecule has 0 saturated heterocycles. The highest BCUT2D eigenvalue weighted by Crippen LogP contribution is 2.40. The number of benzene rings is 2. The van der Waals surface area contributed by atoms with Gasteiger partial charge in [0.2, 0.25) is 11.6 Å². The quantitative estimate of drug-likeness (QED) is 0.112. The summed E-state index contributed by atoms with van der Waals surface area (Å²) < 4.78 is 147. The molecule has 5 aromatic rings. The topological polar surface area (TPSA) is 57.4 Å². The van der Waals surface area contributed by atoms with Gasteiger partial charge in [-0.15, -0.1) is 0 Å². The number of H-pyrrole nitrogens is 2. The van der Waals surface area contributed by atoms with Crippen LogP contribution in [0.3, 0.4) is 0 Å². The van der Waals surface area contributed by atoms with Crippen LogP contribution in [0.15, 0.2) is 36.4 Å². The first kappa shape index (κ1) is 29.1. The fraction of sp³-hybridized carbons (Fsp3) is 0. The van der Waals surface area contributed by atoms with E-state index in [2.05, 4.69) is 19.9 Å². The van der Waals surface area contributed by atoms with Gasteiger partial charge >= 0.3 is 0 Å². The van der Waals surface area contributed by atoms with Gasteiger partial charge in [-0.3, -0.25) is 0 Å². The molecule has 2 aliphatic heterocycles. The van der Waals surface area contributed by atoms with Crippen molar-refractivity contribution in [3.8, 4) is 22.3 Å². The summed E-state index contributed by atoms with van der Waals surface area (Å²) in [5.74, 6) is -22.7. The lowest BCUT2D eigenvalue weighted by Crippen LogP contribution is -2.06. The molecule has 4 nitrogen and oxygen atoms in total. The normalized spacial score (nSPS) is 12.4. The van der Waals surface area contributed by atoms with Gasteiger partial charge < -0.3 is 9.97 Å². The summed E-state index contributed by atoms with van der Waals surface area (Å²) in [6.07, 6.45) is 4.63. The van der Waals surface area contributed by atoms with Crippen LogP contribution in [0, 0.1) is 58.2 Å². The van der Waals surface area contributed by atoms with E-state index >= 15 is 17.6 Å². The maximum absolute atomic E-state index is 15.2. The van der Waals surface area contributed by atoms with Crippen molar-refractivity contribution >= 4 is 46.4 Å². The SMILES string of the molecule is Fc1c(F)c(F)c(-c2c3nc(cc4ccc(cc5ccc([nH]5)c(-c5c(F)c(F)c(F)c(F)c5F)c5nc2C=C5)[nH]4)C=C3)c(F)c1F. The molecule has 0 spiro atoms. The predicted octanol–water partition coefficient (Wildman–Crippen LogP) is 9.38. The summed E-state index contributed by atoms with van der Waals surface area (Å²) in [5.41, 5.74) is -4.20. The van der Waals surface area contributed by atoms with E-state index in [0.717, 1.165) is 12.2 Å². The van der Waals surface area contributed by atoms with Crippen LogP contribution in [0.25, 0.3) is 68.6 Å².